The van der Waals surface area contributed by atoms with Crippen molar-refractivity contribution in [3.05, 3.63) is 149 Å². The molecule has 4 N–H and O–H groups in total. The lowest BCUT2D eigenvalue weighted by Gasteiger charge is -2.27. The quantitative estimate of drug-likeness (QED) is 0.123. The van der Waals surface area contributed by atoms with Gasteiger partial charge in [0.05, 0.1) is 0 Å². The zero-order valence-corrected chi connectivity index (χ0v) is 39.7. The number of halogens is 1. The van der Waals surface area contributed by atoms with Crippen LogP contribution in [0.1, 0.15) is 187 Å². The summed E-state index contributed by atoms with van der Waals surface area (Å²) in [5.41, 5.74) is 11.9. The number of phenols is 4. The first-order chi connectivity index (χ1) is 27.4. The average molecular weight is 830 g/mol. The second kappa shape index (κ2) is 15.5. The Morgan fingerprint density at radius 3 is 0.567 bits per heavy atom. The lowest BCUT2D eigenvalue weighted by Crippen LogP contribution is -2.15. The molecule has 10 bridgehead atoms. The second-order valence-electron chi connectivity index (χ2n) is 22.8. The average Bonchev–Trinajstić information content (AvgIpc) is 3.09. The maximum Gasteiger partial charge on any atom is 0.122 e. The highest BCUT2D eigenvalue weighted by molar-refractivity contribution is 6.32. The molecule has 60 heavy (non-hydrogen) atoms. The van der Waals surface area contributed by atoms with E-state index in [4.69, 9.17) is 11.6 Å². The van der Waals surface area contributed by atoms with E-state index >= 15 is 0 Å². The number of benzene rings is 5. The molecule has 6 rings (SSSR count). The van der Waals surface area contributed by atoms with Gasteiger partial charge >= 0.3 is 0 Å². The van der Waals surface area contributed by atoms with E-state index in [0.717, 1.165) is 72.3 Å². The highest BCUT2D eigenvalue weighted by Crippen LogP contribution is 2.43. The minimum Gasteiger partial charge on any atom is -0.507 e. The largest absolute Gasteiger partial charge is 0.507 e. The normalized spacial score (nSPS) is 14.3. The van der Waals surface area contributed by atoms with Crippen LogP contribution in [-0.4, -0.2) is 20.4 Å². The minimum absolute atomic E-state index is 0.160. The fourth-order valence-corrected chi connectivity index (χ4v) is 8.56. The van der Waals surface area contributed by atoms with Crippen molar-refractivity contribution in [2.24, 2.45) is 0 Å². The topological polar surface area (TPSA) is 80.9 Å². The standard InChI is InChI=1S/C55H69ClO4/c1-51(2,3)41-21-31-16-33-23-42(52(4,5)6)25-35(47(33)57)18-37-27-44(54(10,11)12)29-39(49(37)59)20-40-30-45(55(13,14)15)28-38(50(40)60)19-36-26-43(53(7,8)9)24-34(48(36)58)17-32(22-41)46(31)56/h21-30,57-60H,16-20H2,1-15H3. The molecule has 0 fully saturated rings. The number of hydrogen-bond acceptors (Lipinski definition) is 4. The summed E-state index contributed by atoms with van der Waals surface area (Å²) in [7, 11) is 0. The van der Waals surface area contributed by atoms with Gasteiger partial charge in [-0.3, -0.25) is 0 Å². The van der Waals surface area contributed by atoms with Crippen LogP contribution in [0.4, 0.5) is 0 Å². The third-order valence-electron chi connectivity index (χ3n) is 12.5. The molecule has 0 aliphatic heterocycles. The first-order valence-corrected chi connectivity index (χ1v) is 22.0. The first kappa shape index (κ1) is 45.1. The molecule has 0 unspecified atom stereocenters. The van der Waals surface area contributed by atoms with E-state index in [-0.39, 0.29) is 50.1 Å². The maximum atomic E-state index is 12.3. The molecule has 1 aliphatic carbocycles. The van der Waals surface area contributed by atoms with Gasteiger partial charge in [-0.25, -0.2) is 0 Å². The zero-order chi connectivity index (χ0) is 44.7. The second-order valence-corrected chi connectivity index (χ2v) is 23.2. The van der Waals surface area contributed by atoms with Gasteiger partial charge in [-0.05, 0) is 111 Å². The minimum atomic E-state index is -0.244. The highest BCUT2D eigenvalue weighted by Gasteiger charge is 2.28. The van der Waals surface area contributed by atoms with E-state index in [1.54, 1.807) is 0 Å². The Kier molecular flexibility index (Phi) is 11.7. The fraction of sp³-hybridized carbons (Fsp3) is 0.455. The van der Waals surface area contributed by atoms with Crippen LogP contribution < -0.4 is 0 Å². The molecule has 4 nitrogen and oxygen atoms in total. The number of rotatable bonds is 0. The van der Waals surface area contributed by atoms with Gasteiger partial charge in [0.1, 0.15) is 23.0 Å². The Morgan fingerprint density at radius 2 is 0.417 bits per heavy atom. The van der Waals surface area contributed by atoms with Crippen molar-refractivity contribution in [3.8, 4) is 23.0 Å². The number of phenolic OH excluding ortho intramolecular Hbond substituents is 4. The predicted octanol–water partition coefficient (Wildman–Crippen LogP) is 13.9. The van der Waals surface area contributed by atoms with Gasteiger partial charge in [-0.2, -0.15) is 0 Å². The van der Waals surface area contributed by atoms with Gasteiger partial charge in [0.15, 0.2) is 0 Å². The molecule has 0 radical (unpaired) electrons. The van der Waals surface area contributed by atoms with Crippen molar-refractivity contribution in [3.63, 3.8) is 0 Å². The molecule has 0 saturated heterocycles. The molecule has 5 aromatic carbocycles. The van der Waals surface area contributed by atoms with Gasteiger partial charge in [-0.1, -0.05) is 176 Å². The van der Waals surface area contributed by atoms with Gasteiger partial charge < -0.3 is 20.4 Å². The van der Waals surface area contributed by atoms with Crippen molar-refractivity contribution < 1.29 is 20.4 Å². The van der Waals surface area contributed by atoms with Crippen molar-refractivity contribution >= 4 is 11.6 Å². The molecule has 5 heteroatoms. The Balaban J connectivity index is 1.74. The summed E-state index contributed by atoms with van der Waals surface area (Å²) < 4.78 is 0. The van der Waals surface area contributed by atoms with E-state index in [2.05, 4.69) is 165 Å². The lowest BCUT2D eigenvalue weighted by atomic mass is 9.79. The van der Waals surface area contributed by atoms with Gasteiger partial charge in [-0.15, -0.1) is 0 Å². The molecule has 0 atom stereocenters. The molecule has 0 amide bonds. The number of hydrogen-bond donors (Lipinski definition) is 4. The summed E-state index contributed by atoms with van der Waals surface area (Å²) in [6.07, 6.45) is 1.74. The van der Waals surface area contributed by atoms with Crippen LogP contribution in [0.3, 0.4) is 0 Å². The van der Waals surface area contributed by atoms with Crippen LogP contribution in [0.5, 0.6) is 23.0 Å². The van der Waals surface area contributed by atoms with E-state index < -0.39 is 0 Å². The molecule has 0 aromatic heterocycles. The van der Waals surface area contributed by atoms with E-state index in [0.29, 0.717) is 48.3 Å². The summed E-state index contributed by atoms with van der Waals surface area (Å²) in [6, 6.07) is 21.0. The molecule has 0 saturated carbocycles. The maximum absolute atomic E-state index is 12.3. The summed E-state index contributed by atoms with van der Waals surface area (Å²) in [6.45, 7) is 32.6. The van der Waals surface area contributed by atoms with E-state index in [9.17, 15) is 20.4 Å². The molecule has 5 aromatic rings. The number of fused-ring (bicyclic) bond motifs is 10. The molecular weight excluding hydrogens is 760 g/mol. The van der Waals surface area contributed by atoms with Crippen LogP contribution in [-0.2, 0) is 59.2 Å². The monoisotopic (exact) mass is 828 g/mol. The fourth-order valence-electron chi connectivity index (χ4n) is 8.32. The lowest BCUT2D eigenvalue weighted by molar-refractivity contribution is 0.451. The summed E-state index contributed by atoms with van der Waals surface area (Å²) >= 11 is 7.49. The first-order valence-electron chi connectivity index (χ1n) is 21.6. The van der Waals surface area contributed by atoms with Gasteiger partial charge in [0.2, 0.25) is 0 Å². The predicted molar refractivity (Wildman–Crippen MR) is 251 cm³/mol. The smallest absolute Gasteiger partial charge is 0.122 e. The van der Waals surface area contributed by atoms with Gasteiger partial charge in [0.25, 0.3) is 0 Å². The SMILES string of the molecule is CC(C)(C)c1cc2c(O)c(c1)Cc1cc(C(C)(C)C)cc(c1O)Cc1cc(C(C)(C)C)cc(c1Cl)Cc1cc(C(C)(C)C)cc(c1O)Cc1cc(C(C)(C)C)cc(c1O)C2. The summed E-state index contributed by atoms with van der Waals surface area (Å²) in [5, 5.41) is 49.7. The van der Waals surface area contributed by atoms with Crippen molar-refractivity contribution in [2.75, 3.05) is 0 Å². The van der Waals surface area contributed by atoms with Crippen molar-refractivity contribution in [1.29, 1.82) is 0 Å². The van der Waals surface area contributed by atoms with Crippen LogP contribution in [0.15, 0.2) is 60.7 Å². The Morgan fingerprint density at radius 1 is 0.283 bits per heavy atom. The van der Waals surface area contributed by atoms with Crippen molar-refractivity contribution in [1.82, 2.24) is 0 Å². The molecule has 1 aliphatic rings. The summed E-state index contributed by atoms with van der Waals surface area (Å²) in [4.78, 5) is 0. The molecule has 320 valence electrons. The van der Waals surface area contributed by atoms with Crippen molar-refractivity contribution in [2.45, 2.75) is 163 Å². The number of aromatic hydroxyl groups is 4. The van der Waals surface area contributed by atoms with Gasteiger partial charge in [0, 0.05) is 37.1 Å². The van der Waals surface area contributed by atoms with Crippen LogP contribution in [0, 0.1) is 0 Å². The van der Waals surface area contributed by atoms with E-state index in [1.807, 2.05) is 0 Å². The molecule has 0 heterocycles. The van der Waals surface area contributed by atoms with Crippen LogP contribution in [0.2, 0.25) is 5.02 Å². The van der Waals surface area contributed by atoms with Crippen LogP contribution >= 0.6 is 11.6 Å². The molecule has 0 spiro atoms. The Labute approximate surface area is 365 Å². The molecular formula is C55H69ClO4. The third-order valence-corrected chi connectivity index (χ3v) is 13.0. The summed E-state index contributed by atoms with van der Waals surface area (Å²) in [5.74, 6) is 0.706. The third kappa shape index (κ3) is 9.40. The Hall–Kier alpha value is -4.41. The Bertz CT molecular complexity index is 1950. The van der Waals surface area contributed by atoms with Crippen LogP contribution in [0.25, 0.3) is 0 Å². The van der Waals surface area contributed by atoms with E-state index in [1.165, 1.54) is 0 Å². The zero-order valence-electron chi connectivity index (χ0n) is 39.0. The highest BCUT2D eigenvalue weighted by atomic mass is 35.5.